The molecule has 0 aromatic heterocycles. The number of hydrogen-bond donors (Lipinski definition) is 1. The second kappa shape index (κ2) is 8.15. The average molecular weight is 249 g/mol. The minimum atomic E-state index is 0.700. The smallest absolute Gasteiger partial charge is 0.122 e. The average Bonchev–Trinajstić information content (AvgIpc) is 2.36. The summed E-state index contributed by atoms with van der Waals surface area (Å²) >= 11 is 0. The molecule has 0 aliphatic heterocycles. The van der Waals surface area contributed by atoms with Crippen molar-refractivity contribution in [1.29, 1.82) is 0 Å². The number of hydrogen-bond acceptors (Lipinski definition) is 2. The summed E-state index contributed by atoms with van der Waals surface area (Å²) in [7, 11) is 1.76. The van der Waals surface area contributed by atoms with Gasteiger partial charge in [-0.3, -0.25) is 0 Å². The minimum absolute atomic E-state index is 0.700. The SMILES string of the molecule is CCCC(CNCC)Cc1cc(C)ccc1OC. The molecule has 0 radical (unpaired) electrons. The largest absolute Gasteiger partial charge is 0.496 e. The summed E-state index contributed by atoms with van der Waals surface area (Å²) < 4.78 is 5.46. The number of methoxy groups -OCH3 is 1. The Bertz CT molecular complexity index is 349. The zero-order chi connectivity index (χ0) is 13.4. The lowest BCUT2D eigenvalue weighted by molar-refractivity contribution is 0.395. The second-order valence-electron chi connectivity index (χ2n) is 4.98. The van der Waals surface area contributed by atoms with Gasteiger partial charge in [-0.25, -0.2) is 0 Å². The van der Waals surface area contributed by atoms with Crippen LogP contribution in [0.4, 0.5) is 0 Å². The van der Waals surface area contributed by atoms with Crippen LogP contribution in [0.15, 0.2) is 18.2 Å². The Morgan fingerprint density at radius 3 is 2.67 bits per heavy atom. The molecule has 0 heterocycles. The van der Waals surface area contributed by atoms with Gasteiger partial charge in [-0.1, -0.05) is 38.0 Å². The molecular weight excluding hydrogens is 222 g/mol. The van der Waals surface area contributed by atoms with Crippen molar-refractivity contribution in [2.24, 2.45) is 5.92 Å². The molecule has 102 valence electrons. The molecule has 1 atom stereocenters. The van der Waals surface area contributed by atoms with Crippen molar-refractivity contribution in [3.8, 4) is 5.75 Å². The van der Waals surface area contributed by atoms with Crippen molar-refractivity contribution in [2.75, 3.05) is 20.2 Å². The molecule has 1 aromatic carbocycles. The summed E-state index contributed by atoms with van der Waals surface area (Å²) in [5.41, 5.74) is 2.65. The minimum Gasteiger partial charge on any atom is -0.496 e. The molecule has 2 nitrogen and oxygen atoms in total. The van der Waals surface area contributed by atoms with Crippen molar-refractivity contribution in [2.45, 2.75) is 40.0 Å². The fourth-order valence-electron chi connectivity index (χ4n) is 2.41. The maximum Gasteiger partial charge on any atom is 0.122 e. The van der Waals surface area contributed by atoms with Crippen molar-refractivity contribution in [3.63, 3.8) is 0 Å². The molecule has 1 aromatic rings. The highest BCUT2D eigenvalue weighted by atomic mass is 16.5. The van der Waals surface area contributed by atoms with Gasteiger partial charge >= 0.3 is 0 Å². The quantitative estimate of drug-likeness (QED) is 0.760. The predicted molar refractivity (Wildman–Crippen MR) is 78.4 cm³/mol. The van der Waals surface area contributed by atoms with Crippen molar-refractivity contribution in [1.82, 2.24) is 5.32 Å². The molecule has 18 heavy (non-hydrogen) atoms. The van der Waals surface area contributed by atoms with Gasteiger partial charge in [0, 0.05) is 0 Å². The van der Waals surface area contributed by atoms with Crippen LogP contribution in [0.5, 0.6) is 5.75 Å². The number of nitrogens with one attached hydrogen (secondary N) is 1. The van der Waals surface area contributed by atoms with Gasteiger partial charge in [-0.2, -0.15) is 0 Å². The van der Waals surface area contributed by atoms with Gasteiger partial charge in [-0.05, 0) is 50.4 Å². The molecule has 0 aliphatic rings. The van der Waals surface area contributed by atoms with E-state index in [-0.39, 0.29) is 0 Å². The van der Waals surface area contributed by atoms with Gasteiger partial charge in [0.25, 0.3) is 0 Å². The van der Waals surface area contributed by atoms with Crippen molar-refractivity contribution < 1.29 is 4.74 Å². The van der Waals surface area contributed by atoms with E-state index in [2.05, 4.69) is 44.3 Å². The summed E-state index contributed by atoms with van der Waals surface area (Å²) in [5.74, 6) is 1.73. The van der Waals surface area contributed by atoms with E-state index in [1.807, 2.05) is 0 Å². The molecule has 0 aliphatic carbocycles. The van der Waals surface area contributed by atoms with Crippen LogP contribution >= 0.6 is 0 Å². The van der Waals surface area contributed by atoms with E-state index in [0.29, 0.717) is 5.92 Å². The normalized spacial score (nSPS) is 12.4. The van der Waals surface area contributed by atoms with Gasteiger partial charge in [0.1, 0.15) is 5.75 Å². The topological polar surface area (TPSA) is 21.3 Å². The van der Waals surface area contributed by atoms with E-state index in [4.69, 9.17) is 4.74 Å². The number of ether oxygens (including phenoxy) is 1. The van der Waals surface area contributed by atoms with Crippen LogP contribution in [-0.2, 0) is 6.42 Å². The first kappa shape index (κ1) is 15.0. The number of rotatable bonds is 8. The zero-order valence-corrected chi connectivity index (χ0v) is 12.3. The summed E-state index contributed by atoms with van der Waals surface area (Å²) in [4.78, 5) is 0. The van der Waals surface area contributed by atoms with Crippen LogP contribution in [0.25, 0.3) is 0 Å². The third-order valence-corrected chi connectivity index (χ3v) is 3.32. The Hall–Kier alpha value is -1.02. The summed E-state index contributed by atoms with van der Waals surface area (Å²) in [6.07, 6.45) is 3.61. The predicted octanol–water partition coefficient (Wildman–Crippen LogP) is 3.57. The summed E-state index contributed by atoms with van der Waals surface area (Å²) in [5, 5.41) is 3.46. The maximum atomic E-state index is 5.46. The van der Waals surface area contributed by atoms with Crippen molar-refractivity contribution in [3.05, 3.63) is 29.3 Å². The first-order valence-electron chi connectivity index (χ1n) is 7.05. The Morgan fingerprint density at radius 1 is 1.28 bits per heavy atom. The fourth-order valence-corrected chi connectivity index (χ4v) is 2.41. The van der Waals surface area contributed by atoms with E-state index < -0.39 is 0 Å². The maximum absolute atomic E-state index is 5.46. The van der Waals surface area contributed by atoms with E-state index in [1.54, 1.807) is 7.11 Å². The first-order valence-corrected chi connectivity index (χ1v) is 7.05. The Labute approximate surface area is 112 Å². The lowest BCUT2D eigenvalue weighted by atomic mass is 9.93. The summed E-state index contributed by atoms with van der Waals surface area (Å²) in [6, 6.07) is 6.45. The third-order valence-electron chi connectivity index (χ3n) is 3.32. The van der Waals surface area contributed by atoms with Crippen LogP contribution in [0.3, 0.4) is 0 Å². The Kier molecular flexibility index (Phi) is 6.81. The van der Waals surface area contributed by atoms with Crippen molar-refractivity contribution >= 4 is 0 Å². The number of benzene rings is 1. The third kappa shape index (κ3) is 4.69. The molecule has 0 fully saturated rings. The molecule has 1 rings (SSSR count). The molecule has 0 saturated heterocycles. The van der Waals surface area contributed by atoms with E-state index in [0.717, 1.165) is 25.3 Å². The monoisotopic (exact) mass is 249 g/mol. The molecular formula is C16H27NO. The fraction of sp³-hybridized carbons (Fsp3) is 0.625. The lowest BCUT2D eigenvalue weighted by Crippen LogP contribution is -2.24. The first-order chi connectivity index (χ1) is 8.71. The number of aryl methyl sites for hydroxylation is 1. The standard InChI is InChI=1S/C16H27NO/c1-5-7-14(12-17-6-2)11-15-10-13(3)8-9-16(15)18-4/h8-10,14,17H,5-7,11-12H2,1-4H3. The van der Waals surface area contributed by atoms with Crippen LogP contribution in [0.2, 0.25) is 0 Å². The molecule has 1 unspecified atom stereocenters. The lowest BCUT2D eigenvalue weighted by Gasteiger charge is -2.18. The van der Waals surface area contributed by atoms with Crippen LogP contribution in [-0.4, -0.2) is 20.2 Å². The second-order valence-corrected chi connectivity index (χ2v) is 4.98. The molecule has 0 bridgehead atoms. The highest BCUT2D eigenvalue weighted by Crippen LogP contribution is 2.24. The van der Waals surface area contributed by atoms with Crippen LogP contribution in [0.1, 0.15) is 37.8 Å². The molecule has 1 N–H and O–H groups in total. The molecule has 2 heteroatoms. The van der Waals surface area contributed by atoms with E-state index in [1.165, 1.54) is 24.0 Å². The molecule has 0 spiro atoms. The van der Waals surface area contributed by atoms with Gasteiger partial charge in [0.05, 0.1) is 7.11 Å². The van der Waals surface area contributed by atoms with Gasteiger partial charge in [-0.15, -0.1) is 0 Å². The van der Waals surface area contributed by atoms with Gasteiger partial charge < -0.3 is 10.1 Å². The Morgan fingerprint density at radius 2 is 2.06 bits per heavy atom. The zero-order valence-electron chi connectivity index (χ0n) is 12.3. The summed E-state index contributed by atoms with van der Waals surface area (Å²) in [6.45, 7) is 8.71. The van der Waals surface area contributed by atoms with Crippen LogP contribution in [0, 0.1) is 12.8 Å². The van der Waals surface area contributed by atoms with Crippen LogP contribution < -0.4 is 10.1 Å². The van der Waals surface area contributed by atoms with Gasteiger partial charge in [0.15, 0.2) is 0 Å². The highest BCUT2D eigenvalue weighted by molar-refractivity contribution is 5.37. The highest BCUT2D eigenvalue weighted by Gasteiger charge is 2.12. The molecule has 0 saturated carbocycles. The van der Waals surface area contributed by atoms with Gasteiger partial charge in [0.2, 0.25) is 0 Å². The molecule has 0 amide bonds. The van der Waals surface area contributed by atoms with E-state index >= 15 is 0 Å². The van der Waals surface area contributed by atoms with E-state index in [9.17, 15) is 0 Å². The Balaban J connectivity index is 2.74.